The Kier molecular flexibility index (Phi) is 3.11. The summed E-state index contributed by atoms with van der Waals surface area (Å²) in [4.78, 5) is 5.51. The summed E-state index contributed by atoms with van der Waals surface area (Å²) in [7, 11) is 0. The number of nitrogens with zero attached hydrogens (tertiary/aromatic N) is 1. The molecule has 0 aromatic carbocycles. The van der Waals surface area contributed by atoms with Crippen LogP contribution in [-0.4, -0.2) is 4.98 Å². The van der Waals surface area contributed by atoms with E-state index in [4.69, 9.17) is 5.84 Å². The van der Waals surface area contributed by atoms with Crippen LogP contribution in [0.1, 0.15) is 22.2 Å². The molecule has 0 bridgehead atoms. The van der Waals surface area contributed by atoms with E-state index in [0.29, 0.717) is 0 Å². The van der Waals surface area contributed by atoms with Gasteiger partial charge in [0, 0.05) is 11.1 Å². The molecule has 1 atom stereocenters. The lowest BCUT2D eigenvalue weighted by Crippen LogP contribution is -2.28. The third-order valence-electron chi connectivity index (χ3n) is 2.23. The summed E-state index contributed by atoms with van der Waals surface area (Å²) in [5.41, 5.74) is 4.95. The maximum atomic E-state index is 5.56. The molecule has 78 valence electrons. The van der Waals surface area contributed by atoms with Crippen LogP contribution in [0.3, 0.4) is 0 Å². The van der Waals surface area contributed by atoms with Gasteiger partial charge in [-0.25, -0.2) is 5.43 Å². The second kappa shape index (κ2) is 4.53. The van der Waals surface area contributed by atoms with Gasteiger partial charge in [0.15, 0.2) is 0 Å². The van der Waals surface area contributed by atoms with Gasteiger partial charge in [0.1, 0.15) is 0 Å². The van der Waals surface area contributed by atoms with Crippen LogP contribution in [0.2, 0.25) is 0 Å². The Bertz CT molecular complexity index is 425. The first-order chi connectivity index (χ1) is 7.31. The van der Waals surface area contributed by atoms with Crippen molar-refractivity contribution in [2.75, 3.05) is 0 Å². The molecule has 0 aliphatic carbocycles. The van der Waals surface area contributed by atoms with Crippen molar-refractivity contribution in [3.05, 3.63) is 52.0 Å². The molecule has 3 nitrogen and oxygen atoms in total. The molecule has 3 N–H and O–H groups in total. The fraction of sp³-hybridized carbons (Fsp3) is 0.182. The first-order valence-corrected chi connectivity index (χ1v) is 5.61. The summed E-state index contributed by atoms with van der Waals surface area (Å²) < 4.78 is 0. The lowest BCUT2D eigenvalue weighted by molar-refractivity contribution is 0.629. The van der Waals surface area contributed by atoms with Gasteiger partial charge in [0.05, 0.1) is 11.7 Å². The van der Waals surface area contributed by atoms with E-state index in [1.165, 1.54) is 10.4 Å². The Hall–Kier alpha value is -1.23. The number of hydrazine groups is 1. The van der Waals surface area contributed by atoms with E-state index in [2.05, 4.69) is 16.5 Å². The van der Waals surface area contributed by atoms with Crippen LogP contribution in [0.5, 0.6) is 0 Å². The maximum absolute atomic E-state index is 5.56. The van der Waals surface area contributed by atoms with Gasteiger partial charge in [-0.1, -0.05) is 6.07 Å². The summed E-state index contributed by atoms with van der Waals surface area (Å²) in [5.74, 6) is 5.56. The van der Waals surface area contributed by atoms with E-state index in [1.54, 1.807) is 11.3 Å². The Labute approximate surface area is 92.9 Å². The highest BCUT2D eigenvalue weighted by Gasteiger charge is 2.14. The monoisotopic (exact) mass is 219 g/mol. The largest absolute Gasteiger partial charge is 0.270 e. The van der Waals surface area contributed by atoms with E-state index in [9.17, 15) is 0 Å². The second-order valence-corrected chi connectivity index (χ2v) is 4.35. The summed E-state index contributed by atoms with van der Waals surface area (Å²) in [6.45, 7) is 2.05. The molecular weight excluding hydrogens is 206 g/mol. The zero-order valence-corrected chi connectivity index (χ0v) is 9.29. The zero-order valence-electron chi connectivity index (χ0n) is 8.47. The Morgan fingerprint density at radius 3 is 2.93 bits per heavy atom. The van der Waals surface area contributed by atoms with E-state index in [1.807, 2.05) is 36.7 Å². The highest BCUT2D eigenvalue weighted by molar-refractivity contribution is 7.10. The minimum atomic E-state index is -0.00935. The summed E-state index contributed by atoms with van der Waals surface area (Å²) in [6.07, 6.45) is 1.81. The molecule has 4 heteroatoms. The fourth-order valence-electron chi connectivity index (χ4n) is 1.49. The van der Waals surface area contributed by atoms with Crippen molar-refractivity contribution in [2.24, 2.45) is 5.84 Å². The summed E-state index contributed by atoms with van der Waals surface area (Å²) >= 11 is 1.67. The fourth-order valence-corrected chi connectivity index (χ4v) is 2.28. The number of rotatable bonds is 3. The Morgan fingerprint density at radius 1 is 1.47 bits per heavy atom. The predicted molar refractivity (Wildman–Crippen MR) is 62.5 cm³/mol. The van der Waals surface area contributed by atoms with Crippen molar-refractivity contribution in [2.45, 2.75) is 13.0 Å². The van der Waals surface area contributed by atoms with Crippen LogP contribution in [0.25, 0.3) is 0 Å². The molecule has 1 unspecified atom stereocenters. The lowest BCUT2D eigenvalue weighted by Gasteiger charge is -2.13. The SMILES string of the molecule is Cc1ccnc(C(NN)c2cccs2)c1. The van der Waals surface area contributed by atoms with Gasteiger partial charge in [0.25, 0.3) is 0 Å². The Morgan fingerprint density at radius 2 is 2.33 bits per heavy atom. The van der Waals surface area contributed by atoms with Gasteiger partial charge in [0.2, 0.25) is 0 Å². The molecule has 0 aliphatic rings. The van der Waals surface area contributed by atoms with Crippen molar-refractivity contribution in [3.8, 4) is 0 Å². The molecule has 2 heterocycles. The van der Waals surface area contributed by atoms with Crippen molar-refractivity contribution >= 4 is 11.3 Å². The average molecular weight is 219 g/mol. The molecule has 15 heavy (non-hydrogen) atoms. The van der Waals surface area contributed by atoms with Gasteiger partial charge < -0.3 is 0 Å². The van der Waals surface area contributed by atoms with E-state index < -0.39 is 0 Å². The first-order valence-electron chi connectivity index (χ1n) is 4.73. The van der Waals surface area contributed by atoms with Gasteiger partial charge in [-0.15, -0.1) is 11.3 Å². The predicted octanol–water partition coefficient (Wildman–Crippen LogP) is 2.00. The smallest absolute Gasteiger partial charge is 0.0973 e. The number of hydrogen-bond donors (Lipinski definition) is 2. The van der Waals surface area contributed by atoms with Crippen LogP contribution in [-0.2, 0) is 0 Å². The number of thiophene rings is 1. The zero-order chi connectivity index (χ0) is 10.7. The molecular formula is C11H13N3S. The number of nitrogens with one attached hydrogen (secondary N) is 1. The highest BCUT2D eigenvalue weighted by atomic mass is 32.1. The van der Waals surface area contributed by atoms with Gasteiger partial charge in [-0.05, 0) is 36.1 Å². The second-order valence-electron chi connectivity index (χ2n) is 3.37. The van der Waals surface area contributed by atoms with E-state index in [-0.39, 0.29) is 6.04 Å². The average Bonchev–Trinajstić information content (AvgIpc) is 2.72. The standard InChI is InChI=1S/C11H13N3S/c1-8-4-5-13-9(7-8)11(14-12)10-3-2-6-15-10/h2-7,11,14H,12H2,1H3. The summed E-state index contributed by atoms with van der Waals surface area (Å²) in [5, 5.41) is 2.04. The van der Waals surface area contributed by atoms with Gasteiger partial charge in [-0.3, -0.25) is 10.8 Å². The molecule has 0 saturated carbocycles. The number of pyridine rings is 1. The van der Waals surface area contributed by atoms with Crippen molar-refractivity contribution < 1.29 is 0 Å². The molecule has 0 saturated heterocycles. The Balaban J connectivity index is 2.35. The van der Waals surface area contributed by atoms with Gasteiger partial charge >= 0.3 is 0 Å². The number of aryl methyl sites for hydroxylation is 1. The van der Waals surface area contributed by atoms with Crippen molar-refractivity contribution in [1.82, 2.24) is 10.4 Å². The number of nitrogens with two attached hydrogens (primary N) is 1. The van der Waals surface area contributed by atoms with Crippen LogP contribution < -0.4 is 11.3 Å². The van der Waals surface area contributed by atoms with Crippen LogP contribution in [0.4, 0.5) is 0 Å². The third kappa shape index (κ3) is 2.23. The molecule has 0 amide bonds. The minimum Gasteiger partial charge on any atom is -0.270 e. The van der Waals surface area contributed by atoms with E-state index >= 15 is 0 Å². The molecule has 0 fully saturated rings. The molecule has 0 spiro atoms. The van der Waals surface area contributed by atoms with Crippen LogP contribution >= 0.6 is 11.3 Å². The molecule has 2 rings (SSSR count). The van der Waals surface area contributed by atoms with Gasteiger partial charge in [-0.2, -0.15) is 0 Å². The van der Waals surface area contributed by atoms with Crippen molar-refractivity contribution in [1.29, 1.82) is 0 Å². The number of aromatic nitrogens is 1. The summed E-state index contributed by atoms with van der Waals surface area (Å²) in [6, 6.07) is 8.08. The van der Waals surface area contributed by atoms with Crippen LogP contribution in [0.15, 0.2) is 35.8 Å². The highest BCUT2D eigenvalue weighted by Crippen LogP contribution is 2.23. The molecule has 2 aromatic heterocycles. The lowest BCUT2D eigenvalue weighted by atomic mass is 10.1. The van der Waals surface area contributed by atoms with Crippen LogP contribution in [0, 0.1) is 6.92 Å². The topological polar surface area (TPSA) is 50.9 Å². The minimum absolute atomic E-state index is 0.00935. The molecule has 0 radical (unpaired) electrons. The third-order valence-corrected chi connectivity index (χ3v) is 3.16. The van der Waals surface area contributed by atoms with Crippen molar-refractivity contribution in [3.63, 3.8) is 0 Å². The first kappa shape index (κ1) is 10.3. The normalized spacial score (nSPS) is 12.7. The molecule has 0 aliphatic heterocycles. The van der Waals surface area contributed by atoms with E-state index in [0.717, 1.165) is 5.69 Å². The maximum Gasteiger partial charge on any atom is 0.0973 e. The number of hydrogen-bond acceptors (Lipinski definition) is 4. The quantitative estimate of drug-likeness (QED) is 0.613. The molecule has 2 aromatic rings.